The van der Waals surface area contributed by atoms with Crippen LogP contribution in [0.5, 0.6) is 0 Å². The lowest BCUT2D eigenvalue weighted by atomic mass is 10.1. The molecule has 0 spiro atoms. The van der Waals surface area contributed by atoms with Gasteiger partial charge in [-0.15, -0.1) is 0 Å². The molecule has 0 bridgehead atoms. The summed E-state index contributed by atoms with van der Waals surface area (Å²) in [5.41, 5.74) is 3.12. The largest absolute Gasteiger partial charge is 0.348 e. The maximum atomic E-state index is 12.6. The van der Waals surface area contributed by atoms with Crippen molar-refractivity contribution in [3.63, 3.8) is 0 Å². The van der Waals surface area contributed by atoms with Crippen molar-refractivity contribution in [3.8, 4) is 0 Å². The molecule has 7 nitrogen and oxygen atoms in total. The van der Waals surface area contributed by atoms with Gasteiger partial charge in [-0.05, 0) is 48.7 Å². The minimum Gasteiger partial charge on any atom is -0.348 e. The lowest BCUT2D eigenvalue weighted by molar-refractivity contribution is 0.0951. The number of imidazole rings is 1. The molecule has 0 atom stereocenters. The van der Waals surface area contributed by atoms with Crippen molar-refractivity contribution < 1.29 is 13.2 Å². The number of rotatable bonds is 5. The van der Waals surface area contributed by atoms with E-state index in [9.17, 15) is 13.2 Å². The average molecular weight is 398 g/mol. The molecular weight excluding hydrogens is 376 g/mol. The number of aromatic nitrogens is 2. The monoisotopic (exact) mass is 398 g/mol. The van der Waals surface area contributed by atoms with Gasteiger partial charge in [-0.1, -0.05) is 12.1 Å². The molecule has 8 heteroatoms. The Balaban J connectivity index is 1.42. The van der Waals surface area contributed by atoms with Crippen LogP contribution < -0.4 is 5.32 Å². The number of carbonyl (C=O) groups excluding carboxylic acids is 1. The second-order valence-corrected chi connectivity index (χ2v) is 8.93. The van der Waals surface area contributed by atoms with Crippen LogP contribution in [0.2, 0.25) is 0 Å². The number of hydrogen-bond acceptors (Lipinski definition) is 4. The van der Waals surface area contributed by atoms with E-state index in [1.165, 1.54) is 4.31 Å². The summed E-state index contributed by atoms with van der Waals surface area (Å²) in [4.78, 5) is 17.0. The van der Waals surface area contributed by atoms with Crippen LogP contribution in [0.15, 0.2) is 53.7 Å². The van der Waals surface area contributed by atoms with Crippen LogP contribution in [0.3, 0.4) is 0 Å². The second kappa shape index (κ2) is 7.37. The highest BCUT2D eigenvalue weighted by Gasteiger charge is 2.26. The Morgan fingerprint density at radius 3 is 2.54 bits per heavy atom. The van der Waals surface area contributed by atoms with Gasteiger partial charge in [0.2, 0.25) is 10.0 Å². The van der Waals surface area contributed by atoms with Gasteiger partial charge in [-0.2, -0.15) is 4.31 Å². The number of carbonyl (C=O) groups is 1. The molecule has 0 aliphatic carbocycles. The van der Waals surface area contributed by atoms with E-state index >= 15 is 0 Å². The van der Waals surface area contributed by atoms with Gasteiger partial charge < -0.3 is 9.88 Å². The Bertz CT molecular complexity index is 1110. The summed E-state index contributed by atoms with van der Waals surface area (Å²) in [7, 11) is -1.51. The summed E-state index contributed by atoms with van der Waals surface area (Å²) in [5.74, 6) is -0.193. The molecule has 0 unspecified atom stereocenters. The lowest BCUT2D eigenvalue weighted by Gasteiger charge is -2.15. The van der Waals surface area contributed by atoms with Crippen LogP contribution >= 0.6 is 0 Å². The molecule has 2 heterocycles. The van der Waals surface area contributed by atoms with Crippen LogP contribution in [-0.4, -0.2) is 41.3 Å². The zero-order valence-electron chi connectivity index (χ0n) is 15.6. The van der Waals surface area contributed by atoms with E-state index in [0.717, 1.165) is 29.4 Å². The predicted molar refractivity (Wildman–Crippen MR) is 106 cm³/mol. The zero-order valence-corrected chi connectivity index (χ0v) is 16.4. The van der Waals surface area contributed by atoms with E-state index in [4.69, 9.17) is 0 Å². The van der Waals surface area contributed by atoms with Crippen LogP contribution in [-0.2, 0) is 23.6 Å². The number of nitrogens with zero attached hydrogens (tertiary/aromatic N) is 3. The summed E-state index contributed by atoms with van der Waals surface area (Å²) < 4.78 is 28.5. The minimum atomic E-state index is -3.41. The Hall–Kier alpha value is -2.71. The molecule has 0 saturated carbocycles. The first-order valence-electron chi connectivity index (χ1n) is 9.23. The third-order valence-electron chi connectivity index (χ3n) is 5.07. The third kappa shape index (κ3) is 3.53. The highest BCUT2D eigenvalue weighted by Crippen LogP contribution is 2.21. The standard InChI is InChI=1S/C20H22N4O3S/c1-23-14-22-18-12-16(6-9-19(18)23)20(25)21-13-15-4-7-17(8-5-15)28(26,27)24-10-2-3-11-24/h4-9,12,14H,2-3,10-11,13H2,1H3,(H,21,25). The molecule has 1 amide bonds. The van der Waals surface area contributed by atoms with E-state index in [1.807, 2.05) is 17.7 Å². The summed E-state index contributed by atoms with van der Waals surface area (Å²) in [6.45, 7) is 1.49. The van der Waals surface area contributed by atoms with Crippen LogP contribution in [0.4, 0.5) is 0 Å². The fourth-order valence-electron chi connectivity index (χ4n) is 3.42. The highest BCUT2D eigenvalue weighted by atomic mass is 32.2. The molecule has 1 fully saturated rings. The molecular formula is C20H22N4O3S. The molecule has 1 aromatic heterocycles. The first-order valence-corrected chi connectivity index (χ1v) is 10.7. The first-order chi connectivity index (χ1) is 13.4. The van der Waals surface area contributed by atoms with Gasteiger partial charge in [-0.3, -0.25) is 4.79 Å². The summed E-state index contributed by atoms with van der Waals surface area (Å²) in [5, 5.41) is 2.87. The smallest absolute Gasteiger partial charge is 0.251 e. The van der Waals surface area contributed by atoms with E-state index in [0.29, 0.717) is 30.1 Å². The molecule has 2 aromatic carbocycles. The van der Waals surface area contributed by atoms with Crippen molar-refractivity contribution in [3.05, 3.63) is 59.9 Å². The molecule has 146 valence electrons. The first kappa shape index (κ1) is 18.6. The van der Waals surface area contributed by atoms with Crippen molar-refractivity contribution in [2.45, 2.75) is 24.3 Å². The maximum absolute atomic E-state index is 12.6. The normalized spacial score (nSPS) is 15.2. The Labute approximate surface area is 164 Å². The molecule has 1 N–H and O–H groups in total. The van der Waals surface area contributed by atoms with Crippen molar-refractivity contribution in [2.75, 3.05) is 13.1 Å². The van der Waals surface area contributed by atoms with Crippen LogP contribution in [0, 0.1) is 0 Å². The topological polar surface area (TPSA) is 84.3 Å². The van der Waals surface area contributed by atoms with Gasteiger partial charge in [0.15, 0.2) is 0 Å². The van der Waals surface area contributed by atoms with Gasteiger partial charge in [-0.25, -0.2) is 13.4 Å². The summed E-state index contributed by atoms with van der Waals surface area (Å²) in [6, 6.07) is 12.1. The predicted octanol–water partition coefficient (Wildman–Crippen LogP) is 2.29. The molecule has 3 aromatic rings. The molecule has 1 aliphatic heterocycles. The second-order valence-electron chi connectivity index (χ2n) is 7.00. The number of fused-ring (bicyclic) bond motifs is 1. The van der Waals surface area contributed by atoms with Crippen molar-refractivity contribution in [1.82, 2.24) is 19.2 Å². The lowest BCUT2D eigenvalue weighted by Crippen LogP contribution is -2.28. The number of sulfonamides is 1. The highest BCUT2D eigenvalue weighted by molar-refractivity contribution is 7.89. The van der Waals surface area contributed by atoms with Gasteiger partial charge >= 0.3 is 0 Å². The van der Waals surface area contributed by atoms with Crippen LogP contribution in [0.25, 0.3) is 11.0 Å². The number of nitrogens with one attached hydrogen (secondary N) is 1. The number of aryl methyl sites for hydroxylation is 1. The van der Waals surface area contributed by atoms with Crippen molar-refractivity contribution in [2.24, 2.45) is 7.05 Å². The van der Waals surface area contributed by atoms with Gasteiger partial charge in [0, 0.05) is 32.2 Å². The van der Waals surface area contributed by atoms with Crippen LogP contribution in [0.1, 0.15) is 28.8 Å². The van der Waals surface area contributed by atoms with E-state index in [2.05, 4.69) is 10.3 Å². The third-order valence-corrected chi connectivity index (χ3v) is 6.98. The minimum absolute atomic E-state index is 0.193. The number of benzene rings is 2. The Morgan fingerprint density at radius 1 is 1.11 bits per heavy atom. The van der Waals surface area contributed by atoms with Gasteiger partial charge in [0.05, 0.1) is 22.3 Å². The van der Waals surface area contributed by atoms with Crippen molar-refractivity contribution in [1.29, 1.82) is 0 Å². The molecule has 28 heavy (non-hydrogen) atoms. The maximum Gasteiger partial charge on any atom is 0.251 e. The fraction of sp³-hybridized carbons (Fsp3) is 0.300. The van der Waals surface area contributed by atoms with E-state index < -0.39 is 10.0 Å². The fourth-order valence-corrected chi connectivity index (χ4v) is 4.94. The molecule has 1 saturated heterocycles. The molecule has 1 aliphatic rings. The van der Waals surface area contributed by atoms with Crippen molar-refractivity contribution >= 4 is 27.0 Å². The van der Waals surface area contributed by atoms with Gasteiger partial charge in [0.25, 0.3) is 5.91 Å². The quantitative estimate of drug-likeness (QED) is 0.715. The Kier molecular flexibility index (Phi) is 4.91. The zero-order chi connectivity index (χ0) is 19.7. The number of amides is 1. The molecule has 4 rings (SSSR count). The summed E-state index contributed by atoms with van der Waals surface area (Å²) >= 11 is 0. The van der Waals surface area contributed by atoms with E-state index in [1.54, 1.807) is 42.7 Å². The average Bonchev–Trinajstić information content (AvgIpc) is 3.37. The molecule has 0 radical (unpaired) electrons. The number of hydrogen-bond donors (Lipinski definition) is 1. The SMILES string of the molecule is Cn1cnc2cc(C(=O)NCc3ccc(S(=O)(=O)N4CCCC4)cc3)ccc21. The van der Waals surface area contributed by atoms with E-state index in [-0.39, 0.29) is 5.91 Å². The summed E-state index contributed by atoms with van der Waals surface area (Å²) in [6.07, 6.45) is 3.53. The Morgan fingerprint density at radius 2 is 1.82 bits per heavy atom. The van der Waals surface area contributed by atoms with Gasteiger partial charge in [0.1, 0.15) is 0 Å².